The minimum Gasteiger partial charge on any atom is -0.497 e. The largest absolute Gasteiger partial charge is 0.497 e. The third-order valence-electron chi connectivity index (χ3n) is 4.13. The number of methoxy groups -OCH3 is 2. The molecule has 1 unspecified atom stereocenters. The number of ether oxygens (including phenoxy) is 2. The Bertz CT molecular complexity index is 761. The SMILES string of the molecule is CCC(C)(C)NC(=O)C(C)Sc1n[nH]c(-c2ccc(OC)cc2OC)n1. The van der Waals surface area contributed by atoms with Gasteiger partial charge in [0.05, 0.1) is 25.0 Å². The predicted molar refractivity (Wildman–Crippen MR) is 103 cm³/mol. The van der Waals surface area contributed by atoms with Crippen molar-refractivity contribution in [1.29, 1.82) is 0 Å². The van der Waals surface area contributed by atoms with Gasteiger partial charge in [0, 0.05) is 11.6 Å². The van der Waals surface area contributed by atoms with Crippen LogP contribution >= 0.6 is 11.8 Å². The van der Waals surface area contributed by atoms with Gasteiger partial charge in [-0.1, -0.05) is 18.7 Å². The minimum absolute atomic E-state index is 0.0322. The summed E-state index contributed by atoms with van der Waals surface area (Å²) in [5.41, 5.74) is 0.545. The van der Waals surface area contributed by atoms with Crippen molar-refractivity contribution in [3.63, 3.8) is 0 Å². The molecule has 1 aromatic carbocycles. The Labute approximate surface area is 158 Å². The maximum Gasteiger partial charge on any atom is 0.233 e. The number of amides is 1. The van der Waals surface area contributed by atoms with Crippen LogP contribution < -0.4 is 14.8 Å². The molecule has 2 rings (SSSR count). The molecule has 26 heavy (non-hydrogen) atoms. The first-order valence-electron chi connectivity index (χ1n) is 8.43. The standard InChI is InChI=1S/C18H26N4O3S/c1-7-18(3,4)20-16(23)11(2)26-17-19-15(21-22-17)13-9-8-12(24-5)10-14(13)25-6/h8-11H,7H2,1-6H3,(H,20,23)(H,19,21,22). The molecule has 1 aromatic heterocycles. The number of carbonyl (C=O) groups is 1. The molecule has 7 nitrogen and oxygen atoms in total. The number of aromatic nitrogens is 3. The Morgan fingerprint density at radius 3 is 2.69 bits per heavy atom. The topological polar surface area (TPSA) is 89.1 Å². The fourth-order valence-electron chi connectivity index (χ4n) is 2.15. The zero-order valence-corrected chi connectivity index (χ0v) is 16.9. The van der Waals surface area contributed by atoms with E-state index in [1.54, 1.807) is 20.3 Å². The van der Waals surface area contributed by atoms with Crippen molar-refractivity contribution in [3.8, 4) is 22.9 Å². The molecule has 0 bridgehead atoms. The van der Waals surface area contributed by atoms with Crippen LogP contribution in [0.25, 0.3) is 11.4 Å². The van der Waals surface area contributed by atoms with Crippen molar-refractivity contribution >= 4 is 17.7 Å². The van der Waals surface area contributed by atoms with E-state index in [0.29, 0.717) is 22.5 Å². The molecule has 2 aromatic rings. The van der Waals surface area contributed by atoms with Gasteiger partial charge in [-0.3, -0.25) is 9.89 Å². The van der Waals surface area contributed by atoms with Gasteiger partial charge in [-0.15, -0.1) is 5.10 Å². The van der Waals surface area contributed by atoms with E-state index in [1.165, 1.54) is 11.8 Å². The van der Waals surface area contributed by atoms with Crippen molar-refractivity contribution < 1.29 is 14.3 Å². The van der Waals surface area contributed by atoms with E-state index >= 15 is 0 Å². The first-order valence-corrected chi connectivity index (χ1v) is 9.31. The summed E-state index contributed by atoms with van der Waals surface area (Å²) in [6.07, 6.45) is 0.859. The molecule has 0 aliphatic heterocycles. The van der Waals surface area contributed by atoms with Gasteiger partial charge in [-0.2, -0.15) is 0 Å². The normalized spacial score (nSPS) is 12.5. The maximum atomic E-state index is 12.3. The van der Waals surface area contributed by atoms with E-state index < -0.39 is 0 Å². The van der Waals surface area contributed by atoms with Crippen LogP contribution in [0.15, 0.2) is 23.4 Å². The molecular formula is C18H26N4O3S. The van der Waals surface area contributed by atoms with Crippen molar-refractivity contribution in [2.24, 2.45) is 0 Å². The summed E-state index contributed by atoms with van der Waals surface area (Å²) in [7, 11) is 3.19. The Hall–Kier alpha value is -2.22. The van der Waals surface area contributed by atoms with Crippen LogP contribution in [0.1, 0.15) is 34.1 Å². The Morgan fingerprint density at radius 1 is 1.35 bits per heavy atom. The van der Waals surface area contributed by atoms with E-state index in [0.717, 1.165) is 12.0 Å². The number of hydrogen-bond donors (Lipinski definition) is 2. The van der Waals surface area contributed by atoms with E-state index in [1.807, 2.05) is 39.8 Å². The fraction of sp³-hybridized carbons (Fsp3) is 0.500. The van der Waals surface area contributed by atoms with Gasteiger partial charge in [0.1, 0.15) is 11.5 Å². The van der Waals surface area contributed by atoms with Crippen LogP contribution in [0.2, 0.25) is 0 Å². The van der Waals surface area contributed by atoms with Gasteiger partial charge in [0.15, 0.2) is 5.82 Å². The highest BCUT2D eigenvalue weighted by Crippen LogP contribution is 2.32. The lowest BCUT2D eigenvalue weighted by Crippen LogP contribution is -2.46. The van der Waals surface area contributed by atoms with Crippen molar-refractivity contribution in [2.75, 3.05) is 14.2 Å². The number of rotatable bonds is 8. The number of carbonyl (C=O) groups excluding carboxylic acids is 1. The molecule has 0 saturated heterocycles. The molecule has 1 heterocycles. The Morgan fingerprint density at radius 2 is 2.08 bits per heavy atom. The predicted octanol–water partition coefficient (Wildman–Crippen LogP) is 3.27. The van der Waals surface area contributed by atoms with Gasteiger partial charge in [0.2, 0.25) is 11.1 Å². The molecule has 0 radical (unpaired) electrons. The Balaban J connectivity index is 2.12. The summed E-state index contributed by atoms with van der Waals surface area (Å²) < 4.78 is 10.6. The zero-order chi connectivity index (χ0) is 19.3. The van der Waals surface area contributed by atoms with Crippen molar-refractivity contribution in [1.82, 2.24) is 20.5 Å². The lowest BCUT2D eigenvalue weighted by molar-refractivity contribution is -0.121. The van der Waals surface area contributed by atoms with Gasteiger partial charge in [-0.25, -0.2) is 4.98 Å². The van der Waals surface area contributed by atoms with Gasteiger partial charge < -0.3 is 14.8 Å². The third kappa shape index (κ3) is 4.91. The Kier molecular flexibility index (Phi) is 6.52. The first-order chi connectivity index (χ1) is 12.3. The summed E-state index contributed by atoms with van der Waals surface area (Å²) in [5.74, 6) is 1.87. The average Bonchev–Trinajstić information content (AvgIpc) is 3.08. The molecule has 142 valence electrons. The molecule has 0 saturated carbocycles. The van der Waals surface area contributed by atoms with Crippen molar-refractivity contribution in [3.05, 3.63) is 18.2 Å². The summed E-state index contributed by atoms with van der Waals surface area (Å²) in [6, 6.07) is 5.47. The lowest BCUT2D eigenvalue weighted by Gasteiger charge is -2.26. The molecule has 0 fully saturated rings. The molecule has 1 amide bonds. The molecule has 0 aliphatic carbocycles. The van der Waals surface area contributed by atoms with Crippen molar-refractivity contribution in [2.45, 2.75) is 50.1 Å². The number of H-pyrrole nitrogens is 1. The van der Waals surface area contributed by atoms with Gasteiger partial charge >= 0.3 is 0 Å². The van der Waals surface area contributed by atoms with Crippen LogP contribution in [0, 0.1) is 0 Å². The number of hydrogen-bond acceptors (Lipinski definition) is 6. The molecule has 2 N–H and O–H groups in total. The smallest absolute Gasteiger partial charge is 0.233 e. The second-order valence-electron chi connectivity index (χ2n) is 6.52. The quantitative estimate of drug-likeness (QED) is 0.685. The molecule has 0 spiro atoms. The van der Waals surface area contributed by atoms with Gasteiger partial charge in [0.25, 0.3) is 0 Å². The van der Waals surface area contributed by atoms with Crippen LogP contribution in [-0.2, 0) is 4.79 Å². The molecule has 8 heteroatoms. The van der Waals surface area contributed by atoms with E-state index in [-0.39, 0.29) is 16.7 Å². The number of aromatic amines is 1. The van der Waals surface area contributed by atoms with Crippen LogP contribution in [0.3, 0.4) is 0 Å². The highest BCUT2D eigenvalue weighted by atomic mass is 32.2. The number of nitrogens with zero attached hydrogens (tertiary/aromatic N) is 2. The lowest BCUT2D eigenvalue weighted by atomic mass is 10.0. The summed E-state index contributed by atoms with van der Waals surface area (Å²) in [6.45, 7) is 7.89. The van der Waals surface area contributed by atoms with E-state index in [4.69, 9.17) is 9.47 Å². The monoisotopic (exact) mass is 378 g/mol. The maximum absolute atomic E-state index is 12.3. The number of nitrogens with one attached hydrogen (secondary N) is 2. The van der Waals surface area contributed by atoms with Crippen LogP contribution in [0.5, 0.6) is 11.5 Å². The number of thioether (sulfide) groups is 1. The molecule has 0 aliphatic rings. The fourth-order valence-corrected chi connectivity index (χ4v) is 2.87. The van der Waals surface area contributed by atoms with E-state index in [2.05, 4.69) is 20.5 Å². The highest BCUT2D eigenvalue weighted by molar-refractivity contribution is 8.00. The highest BCUT2D eigenvalue weighted by Gasteiger charge is 2.24. The second-order valence-corrected chi connectivity index (χ2v) is 7.83. The summed E-state index contributed by atoms with van der Waals surface area (Å²) in [4.78, 5) is 16.8. The summed E-state index contributed by atoms with van der Waals surface area (Å²) >= 11 is 1.31. The minimum atomic E-state index is -0.303. The van der Waals surface area contributed by atoms with E-state index in [9.17, 15) is 4.79 Å². The average molecular weight is 378 g/mol. The second kappa shape index (κ2) is 8.44. The van der Waals surface area contributed by atoms with Crippen LogP contribution in [0.4, 0.5) is 0 Å². The van der Waals surface area contributed by atoms with Gasteiger partial charge in [-0.05, 0) is 39.3 Å². The third-order valence-corrected chi connectivity index (χ3v) is 5.09. The van der Waals surface area contributed by atoms with Crippen LogP contribution in [-0.4, -0.2) is 46.1 Å². The zero-order valence-electron chi connectivity index (χ0n) is 16.0. The molecule has 1 atom stereocenters. The molecular weight excluding hydrogens is 352 g/mol. The summed E-state index contributed by atoms with van der Waals surface area (Å²) in [5, 5.41) is 10.4. The number of benzene rings is 1. The first kappa shape index (κ1) is 20.1.